The Labute approximate surface area is 117 Å². The fraction of sp³-hybridized carbons (Fsp3) is 0.250. The summed E-state index contributed by atoms with van der Waals surface area (Å²) in [6.07, 6.45) is 0.799. The van der Waals surface area contributed by atoms with Crippen LogP contribution in [0.4, 0.5) is 10.1 Å². The van der Waals surface area contributed by atoms with Crippen molar-refractivity contribution in [2.75, 3.05) is 19.0 Å². The molecule has 0 radical (unpaired) electrons. The third-order valence-electron chi connectivity index (χ3n) is 3.46. The molecule has 1 aliphatic rings. The summed E-state index contributed by atoms with van der Waals surface area (Å²) in [6.45, 7) is 0.625. The first-order chi connectivity index (χ1) is 9.78. The number of methoxy groups -OCH3 is 1. The summed E-state index contributed by atoms with van der Waals surface area (Å²) in [6, 6.07) is 12.6. The topological polar surface area (TPSA) is 30.5 Å². The van der Waals surface area contributed by atoms with Gasteiger partial charge in [0, 0.05) is 18.1 Å². The van der Waals surface area contributed by atoms with Crippen molar-refractivity contribution in [2.45, 2.75) is 12.5 Å². The lowest BCUT2D eigenvalue weighted by Crippen LogP contribution is -2.20. The van der Waals surface area contributed by atoms with Crippen LogP contribution >= 0.6 is 0 Å². The predicted octanol–water partition coefficient (Wildman–Crippen LogP) is 3.77. The molecule has 1 N–H and O–H groups in total. The van der Waals surface area contributed by atoms with E-state index >= 15 is 0 Å². The zero-order chi connectivity index (χ0) is 13.9. The molecule has 2 aromatic carbocycles. The largest absolute Gasteiger partial charge is 0.497 e. The normalized spacial score (nSPS) is 17.0. The molecule has 3 nitrogen and oxygen atoms in total. The van der Waals surface area contributed by atoms with Crippen LogP contribution in [0.2, 0.25) is 0 Å². The lowest BCUT2D eigenvalue weighted by Gasteiger charge is -2.27. The summed E-state index contributed by atoms with van der Waals surface area (Å²) in [7, 11) is 1.57. The van der Waals surface area contributed by atoms with E-state index < -0.39 is 0 Å². The molecule has 1 atom stereocenters. The maximum atomic E-state index is 13.9. The smallest absolute Gasteiger partial charge is 0.146 e. The summed E-state index contributed by atoms with van der Waals surface area (Å²) >= 11 is 0. The second kappa shape index (κ2) is 5.41. The van der Waals surface area contributed by atoms with Gasteiger partial charge >= 0.3 is 0 Å². The standard InChI is InChI=1S/C16H16FNO2/c1-19-11-6-7-13(17)15(10-11)18-14-8-9-20-16-5-3-2-4-12(14)16/h2-7,10,14,18H,8-9H2,1H3. The van der Waals surface area contributed by atoms with Crippen molar-refractivity contribution in [1.82, 2.24) is 0 Å². The minimum Gasteiger partial charge on any atom is -0.497 e. The number of fused-ring (bicyclic) bond motifs is 1. The van der Waals surface area contributed by atoms with Gasteiger partial charge in [-0.3, -0.25) is 0 Å². The lowest BCUT2D eigenvalue weighted by molar-refractivity contribution is 0.274. The van der Waals surface area contributed by atoms with E-state index in [4.69, 9.17) is 9.47 Å². The van der Waals surface area contributed by atoms with Gasteiger partial charge in [-0.05, 0) is 18.2 Å². The Kier molecular flexibility index (Phi) is 3.46. The number of nitrogens with one attached hydrogen (secondary N) is 1. The first kappa shape index (κ1) is 12.8. The van der Waals surface area contributed by atoms with Crippen molar-refractivity contribution < 1.29 is 13.9 Å². The van der Waals surface area contributed by atoms with E-state index in [1.807, 2.05) is 24.3 Å². The van der Waals surface area contributed by atoms with Gasteiger partial charge in [-0.25, -0.2) is 4.39 Å². The molecule has 0 saturated heterocycles. The van der Waals surface area contributed by atoms with Crippen molar-refractivity contribution in [3.05, 3.63) is 53.8 Å². The van der Waals surface area contributed by atoms with Crippen LogP contribution in [0.1, 0.15) is 18.0 Å². The Morgan fingerprint density at radius 1 is 1.25 bits per heavy atom. The Morgan fingerprint density at radius 3 is 2.95 bits per heavy atom. The molecular weight excluding hydrogens is 257 g/mol. The zero-order valence-corrected chi connectivity index (χ0v) is 11.2. The average molecular weight is 273 g/mol. The van der Waals surface area contributed by atoms with Crippen molar-refractivity contribution in [3.63, 3.8) is 0 Å². The van der Waals surface area contributed by atoms with Crippen LogP contribution in [0.3, 0.4) is 0 Å². The van der Waals surface area contributed by atoms with E-state index in [0.29, 0.717) is 18.0 Å². The molecule has 4 heteroatoms. The van der Waals surface area contributed by atoms with Crippen LogP contribution in [-0.2, 0) is 0 Å². The second-order valence-corrected chi connectivity index (χ2v) is 4.72. The Balaban J connectivity index is 1.89. The minimum absolute atomic E-state index is 0.0431. The molecule has 0 spiro atoms. The number of anilines is 1. The first-order valence-corrected chi connectivity index (χ1v) is 6.60. The highest BCUT2D eigenvalue weighted by atomic mass is 19.1. The van der Waals surface area contributed by atoms with Gasteiger partial charge in [0.25, 0.3) is 0 Å². The maximum Gasteiger partial charge on any atom is 0.146 e. The molecule has 0 bridgehead atoms. The maximum absolute atomic E-state index is 13.9. The highest BCUT2D eigenvalue weighted by molar-refractivity contribution is 5.52. The summed E-state index contributed by atoms with van der Waals surface area (Å²) in [4.78, 5) is 0. The van der Waals surface area contributed by atoms with E-state index in [1.54, 1.807) is 19.2 Å². The molecule has 20 heavy (non-hydrogen) atoms. The molecule has 2 aromatic rings. The molecule has 1 heterocycles. The first-order valence-electron chi connectivity index (χ1n) is 6.60. The van der Waals surface area contributed by atoms with E-state index in [9.17, 15) is 4.39 Å². The van der Waals surface area contributed by atoms with Gasteiger partial charge in [-0.1, -0.05) is 18.2 Å². The van der Waals surface area contributed by atoms with Gasteiger partial charge in [0.2, 0.25) is 0 Å². The predicted molar refractivity (Wildman–Crippen MR) is 75.9 cm³/mol. The monoisotopic (exact) mass is 273 g/mol. The fourth-order valence-corrected chi connectivity index (χ4v) is 2.42. The fourth-order valence-electron chi connectivity index (χ4n) is 2.42. The summed E-state index contributed by atoms with van der Waals surface area (Å²) in [5.41, 5.74) is 1.51. The van der Waals surface area contributed by atoms with E-state index in [1.165, 1.54) is 6.07 Å². The van der Waals surface area contributed by atoms with E-state index in [0.717, 1.165) is 17.7 Å². The lowest BCUT2D eigenvalue weighted by atomic mass is 10.0. The Bertz CT molecular complexity index is 615. The number of rotatable bonds is 3. The molecule has 3 rings (SSSR count). The van der Waals surface area contributed by atoms with Gasteiger partial charge in [-0.2, -0.15) is 0 Å². The molecule has 104 valence electrons. The SMILES string of the molecule is COc1ccc(F)c(NC2CCOc3ccccc32)c1. The zero-order valence-electron chi connectivity index (χ0n) is 11.2. The van der Waals surface area contributed by atoms with Crippen LogP contribution in [0.5, 0.6) is 11.5 Å². The number of ether oxygens (including phenoxy) is 2. The summed E-state index contributed by atoms with van der Waals surface area (Å²) in [5.74, 6) is 1.21. The van der Waals surface area contributed by atoms with Gasteiger partial charge < -0.3 is 14.8 Å². The van der Waals surface area contributed by atoms with Gasteiger partial charge in [0.05, 0.1) is 25.4 Å². The Morgan fingerprint density at radius 2 is 2.10 bits per heavy atom. The van der Waals surface area contributed by atoms with Crippen molar-refractivity contribution >= 4 is 5.69 Å². The molecule has 0 saturated carbocycles. The number of para-hydroxylation sites is 1. The number of hydrogen-bond acceptors (Lipinski definition) is 3. The molecule has 1 unspecified atom stereocenters. The minimum atomic E-state index is -0.283. The van der Waals surface area contributed by atoms with Gasteiger partial charge in [0.1, 0.15) is 17.3 Å². The van der Waals surface area contributed by atoms with Crippen molar-refractivity contribution in [2.24, 2.45) is 0 Å². The third-order valence-corrected chi connectivity index (χ3v) is 3.46. The van der Waals surface area contributed by atoms with E-state index in [2.05, 4.69) is 5.32 Å². The van der Waals surface area contributed by atoms with E-state index in [-0.39, 0.29) is 11.9 Å². The van der Waals surface area contributed by atoms with Crippen LogP contribution in [-0.4, -0.2) is 13.7 Å². The van der Waals surface area contributed by atoms with Crippen molar-refractivity contribution in [3.8, 4) is 11.5 Å². The average Bonchev–Trinajstić information content (AvgIpc) is 2.50. The highest BCUT2D eigenvalue weighted by Crippen LogP contribution is 2.35. The highest BCUT2D eigenvalue weighted by Gasteiger charge is 2.21. The molecule has 0 aromatic heterocycles. The molecule has 1 aliphatic heterocycles. The third kappa shape index (κ3) is 2.41. The molecule has 0 aliphatic carbocycles. The Hall–Kier alpha value is -2.23. The van der Waals surface area contributed by atoms with Gasteiger partial charge in [0.15, 0.2) is 0 Å². The van der Waals surface area contributed by atoms with Crippen LogP contribution in [0.15, 0.2) is 42.5 Å². The molecular formula is C16H16FNO2. The summed E-state index contributed by atoms with van der Waals surface area (Å²) in [5, 5.41) is 3.25. The summed E-state index contributed by atoms with van der Waals surface area (Å²) < 4.78 is 24.6. The van der Waals surface area contributed by atoms with Crippen LogP contribution in [0.25, 0.3) is 0 Å². The molecule has 0 fully saturated rings. The molecule has 0 amide bonds. The number of benzene rings is 2. The number of hydrogen-bond donors (Lipinski definition) is 1. The second-order valence-electron chi connectivity index (χ2n) is 4.72. The number of halogens is 1. The van der Waals surface area contributed by atoms with Crippen molar-refractivity contribution in [1.29, 1.82) is 0 Å². The van der Waals surface area contributed by atoms with Crippen LogP contribution < -0.4 is 14.8 Å². The quantitative estimate of drug-likeness (QED) is 0.923. The van der Waals surface area contributed by atoms with Gasteiger partial charge in [-0.15, -0.1) is 0 Å². The van der Waals surface area contributed by atoms with Crippen LogP contribution in [0, 0.1) is 5.82 Å².